The van der Waals surface area contributed by atoms with Crippen molar-refractivity contribution in [3.63, 3.8) is 0 Å². The second kappa shape index (κ2) is 5.66. The second-order valence-corrected chi connectivity index (χ2v) is 5.95. The van der Waals surface area contributed by atoms with Gasteiger partial charge in [-0.3, -0.25) is 4.79 Å². The third kappa shape index (κ3) is 2.58. The van der Waals surface area contributed by atoms with E-state index in [1.807, 2.05) is 37.3 Å². The minimum absolute atomic E-state index is 0.0331. The molecule has 0 aliphatic carbocycles. The van der Waals surface area contributed by atoms with Crippen LogP contribution in [0.4, 0.5) is 0 Å². The minimum atomic E-state index is -0.393. The summed E-state index contributed by atoms with van der Waals surface area (Å²) in [5.74, 6) is -0.0331. The van der Waals surface area contributed by atoms with Gasteiger partial charge in [-0.2, -0.15) is 0 Å². The number of aromatic nitrogens is 1. The maximum Gasteiger partial charge on any atom is 0.171 e. The van der Waals surface area contributed by atoms with E-state index in [-0.39, 0.29) is 5.78 Å². The molecule has 6 heteroatoms. The van der Waals surface area contributed by atoms with E-state index in [4.69, 9.17) is 23.8 Å². The monoisotopic (exact) mass is 331 g/mol. The molecule has 112 valence electrons. The molecule has 0 saturated heterocycles. The van der Waals surface area contributed by atoms with Gasteiger partial charge in [-0.1, -0.05) is 29.8 Å². The predicted octanol–water partition coefficient (Wildman–Crippen LogP) is 3.27. The molecule has 1 atom stereocenters. The third-order valence-corrected chi connectivity index (χ3v) is 4.19. The van der Waals surface area contributed by atoms with Crippen LogP contribution in [0.15, 0.2) is 41.6 Å². The Balaban J connectivity index is 2.20. The molecule has 0 bridgehead atoms. The summed E-state index contributed by atoms with van der Waals surface area (Å²) in [5, 5.41) is 7.90. The van der Waals surface area contributed by atoms with Crippen LogP contribution in [-0.2, 0) is 4.79 Å². The molecule has 2 N–H and O–H groups in total. The summed E-state index contributed by atoms with van der Waals surface area (Å²) in [4.78, 5) is 16.5. The number of fused-ring (bicyclic) bond motifs is 1. The van der Waals surface area contributed by atoms with Crippen LogP contribution in [0.5, 0.6) is 0 Å². The molecule has 22 heavy (non-hydrogen) atoms. The predicted molar refractivity (Wildman–Crippen MR) is 91.7 cm³/mol. The topological polar surface area (TPSA) is 54.0 Å². The molecule has 1 aliphatic rings. The maximum atomic E-state index is 12.0. The van der Waals surface area contributed by atoms with Crippen LogP contribution in [0.2, 0.25) is 5.15 Å². The quantitative estimate of drug-likeness (QED) is 0.653. The Bertz CT molecular complexity index is 831. The summed E-state index contributed by atoms with van der Waals surface area (Å²) >= 11 is 11.6. The number of carbonyl (C=O) groups is 1. The van der Waals surface area contributed by atoms with Gasteiger partial charge in [0.2, 0.25) is 0 Å². The molecule has 0 fully saturated rings. The highest BCUT2D eigenvalue weighted by Crippen LogP contribution is 2.33. The second-order valence-electron chi connectivity index (χ2n) is 5.19. The lowest BCUT2D eigenvalue weighted by Crippen LogP contribution is -2.44. The van der Waals surface area contributed by atoms with E-state index in [0.717, 1.165) is 22.2 Å². The molecule has 0 saturated carbocycles. The van der Waals surface area contributed by atoms with Crippen LogP contribution in [0, 0.1) is 0 Å². The lowest BCUT2D eigenvalue weighted by molar-refractivity contribution is -0.114. The Morgan fingerprint density at radius 3 is 2.82 bits per heavy atom. The SMILES string of the molecule is CC(=O)C1=C(C)NC(=S)NC1c1cc2ccccc2nc1Cl. The largest absolute Gasteiger partial charge is 0.351 e. The van der Waals surface area contributed by atoms with E-state index in [1.54, 1.807) is 0 Å². The summed E-state index contributed by atoms with van der Waals surface area (Å²) in [5.41, 5.74) is 2.92. The van der Waals surface area contributed by atoms with Crippen LogP contribution in [0.25, 0.3) is 10.9 Å². The normalized spacial score (nSPS) is 18.1. The lowest BCUT2D eigenvalue weighted by atomic mass is 9.93. The first-order valence-corrected chi connectivity index (χ1v) is 7.60. The highest BCUT2D eigenvalue weighted by Gasteiger charge is 2.29. The van der Waals surface area contributed by atoms with Crippen molar-refractivity contribution in [2.45, 2.75) is 19.9 Å². The van der Waals surface area contributed by atoms with E-state index in [2.05, 4.69) is 15.6 Å². The Hall–Kier alpha value is -1.98. The molecule has 4 nitrogen and oxygen atoms in total. The Labute approximate surface area is 138 Å². The van der Waals surface area contributed by atoms with Crippen LogP contribution in [-0.4, -0.2) is 15.9 Å². The van der Waals surface area contributed by atoms with E-state index >= 15 is 0 Å². The van der Waals surface area contributed by atoms with E-state index < -0.39 is 6.04 Å². The zero-order valence-electron chi connectivity index (χ0n) is 12.1. The summed E-state index contributed by atoms with van der Waals surface area (Å²) < 4.78 is 0. The highest BCUT2D eigenvalue weighted by atomic mass is 35.5. The highest BCUT2D eigenvalue weighted by molar-refractivity contribution is 7.80. The van der Waals surface area contributed by atoms with Gasteiger partial charge in [0.05, 0.1) is 11.6 Å². The molecule has 0 radical (unpaired) electrons. The van der Waals surface area contributed by atoms with E-state index in [0.29, 0.717) is 15.8 Å². The van der Waals surface area contributed by atoms with Crippen molar-refractivity contribution >= 4 is 45.6 Å². The van der Waals surface area contributed by atoms with Gasteiger partial charge < -0.3 is 10.6 Å². The van der Waals surface area contributed by atoms with Gasteiger partial charge in [-0.25, -0.2) is 4.98 Å². The molecular formula is C16H14ClN3OS. The summed E-state index contributed by atoms with van der Waals surface area (Å²) in [6.07, 6.45) is 0. The van der Waals surface area contributed by atoms with Gasteiger partial charge >= 0.3 is 0 Å². The van der Waals surface area contributed by atoms with Gasteiger partial charge in [0.25, 0.3) is 0 Å². The first-order chi connectivity index (χ1) is 10.5. The Kier molecular flexibility index (Phi) is 3.85. The maximum absolute atomic E-state index is 12.0. The number of benzene rings is 1. The van der Waals surface area contributed by atoms with Crippen molar-refractivity contribution in [3.05, 3.63) is 52.3 Å². The third-order valence-electron chi connectivity index (χ3n) is 3.66. The first-order valence-electron chi connectivity index (χ1n) is 6.82. The number of rotatable bonds is 2. The van der Waals surface area contributed by atoms with E-state index in [1.165, 1.54) is 6.92 Å². The van der Waals surface area contributed by atoms with Crippen LogP contribution >= 0.6 is 23.8 Å². The number of para-hydroxylation sites is 1. The number of Topliss-reactive ketones (excluding diaryl/α,β-unsaturated/α-hetero) is 1. The van der Waals surface area contributed by atoms with Crippen LogP contribution < -0.4 is 10.6 Å². The average Bonchev–Trinajstić information content (AvgIpc) is 2.45. The number of ketones is 1. The number of carbonyl (C=O) groups excluding carboxylic acids is 1. The molecule has 2 heterocycles. The van der Waals surface area contributed by atoms with Crippen molar-refractivity contribution in [1.82, 2.24) is 15.6 Å². The van der Waals surface area contributed by atoms with Crippen molar-refractivity contribution in [3.8, 4) is 0 Å². The number of allylic oxidation sites excluding steroid dienone is 1. The lowest BCUT2D eigenvalue weighted by Gasteiger charge is -2.30. The fourth-order valence-electron chi connectivity index (χ4n) is 2.71. The molecule has 3 rings (SSSR count). The fourth-order valence-corrected chi connectivity index (χ4v) is 3.23. The zero-order valence-corrected chi connectivity index (χ0v) is 13.7. The summed E-state index contributed by atoms with van der Waals surface area (Å²) in [6, 6.07) is 9.27. The number of hydrogen-bond donors (Lipinski definition) is 2. The van der Waals surface area contributed by atoms with Gasteiger partial charge in [0, 0.05) is 22.2 Å². The Morgan fingerprint density at radius 1 is 1.36 bits per heavy atom. The van der Waals surface area contributed by atoms with Crippen LogP contribution in [0.1, 0.15) is 25.5 Å². The molecule has 1 unspecified atom stereocenters. The molecule has 1 aromatic heterocycles. The average molecular weight is 332 g/mol. The van der Waals surface area contributed by atoms with Crippen LogP contribution in [0.3, 0.4) is 0 Å². The van der Waals surface area contributed by atoms with E-state index in [9.17, 15) is 4.79 Å². The molecule has 2 aromatic rings. The smallest absolute Gasteiger partial charge is 0.171 e. The molecule has 1 aliphatic heterocycles. The van der Waals surface area contributed by atoms with Crippen molar-refractivity contribution in [1.29, 1.82) is 0 Å². The molecule has 1 aromatic carbocycles. The number of pyridine rings is 1. The number of nitrogens with zero attached hydrogens (tertiary/aromatic N) is 1. The van der Waals surface area contributed by atoms with Gasteiger partial charge in [0.1, 0.15) is 5.15 Å². The summed E-state index contributed by atoms with van der Waals surface area (Å²) in [7, 11) is 0. The molecule has 0 spiro atoms. The van der Waals surface area contributed by atoms with Crippen molar-refractivity contribution < 1.29 is 4.79 Å². The molecular weight excluding hydrogens is 318 g/mol. The number of hydrogen-bond acceptors (Lipinski definition) is 3. The minimum Gasteiger partial charge on any atom is -0.351 e. The standard InChI is InChI=1S/C16H14ClN3OS/c1-8-13(9(2)21)14(20-16(22)18-8)11-7-10-5-3-4-6-12(10)19-15(11)17/h3-7,14H,1-2H3,(H2,18,20,22). The van der Waals surface area contributed by atoms with Gasteiger partial charge in [-0.15, -0.1) is 0 Å². The first kappa shape index (κ1) is 14.9. The summed E-state index contributed by atoms with van der Waals surface area (Å²) in [6.45, 7) is 3.37. The fraction of sp³-hybridized carbons (Fsp3) is 0.188. The van der Waals surface area contributed by atoms with Crippen molar-refractivity contribution in [2.24, 2.45) is 0 Å². The van der Waals surface area contributed by atoms with Gasteiger partial charge in [-0.05, 0) is 38.2 Å². The Morgan fingerprint density at radius 2 is 2.09 bits per heavy atom. The van der Waals surface area contributed by atoms with Gasteiger partial charge in [0.15, 0.2) is 10.9 Å². The number of thiocarbonyl (C=S) groups is 1. The molecule has 0 amide bonds. The van der Waals surface area contributed by atoms with Crippen molar-refractivity contribution in [2.75, 3.05) is 0 Å². The number of nitrogens with one attached hydrogen (secondary N) is 2. The number of halogens is 1. The zero-order chi connectivity index (χ0) is 15.9.